The molecule has 1 amide bonds. The summed E-state index contributed by atoms with van der Waals surface area (Å²) in [6.45, 7) is 6.38. The SMILES string of the molecule is Cc1cccc(/C=C/C(=O)NCC2(N3CCOCC3)CCCCC2)c1. The summed E-state index contributed by atoms with van der Waals surface area (Å²) in [5.41, 5.74) is 2.39. The molecule has 4 heteroatoms. The Kier molecular flexibility index (Phi) is 6.27. The molecular weight excluding hydrogens is 312 g/mol. The van der Waals surface area contributed by atoms with Crippen LogP contribution in [0.1, 0.15) is 43.2 Å². The fourth-order valence-electron chi connectivity index (χ4n) is 4.11. The molecule has 2 fully saturated rings. The van der Waals surface area contributed by atoms with E-state index in [2.05, 4.69) is 29.3 Å². The van der Waals surface area contributed by atoms with Gasteiger partial charge in [0.25, 0.3) is 0 Å². The molecule has 1 saturated heterocycles. The summed E-state index contributed by atoms with van der Waals surface area (Å²) >= 11 is 0. The molecule has 1 aliphatic carbocycles. The van der Waals surface area contributed by atoms with E-state index >= 15 is 0 Å². The van der Waals surface area contributed by atoms with Crippen LogP contribution in [0.3, 0.4) is 0 Å². The lowest BCUT2D eigenvalue weighted by Gasteiger charge is -2.48. The fraction of sp³-hybridized carbons (Fsp3) is 0.571. The molecule has 1 aromatic rings. The van der Waals surface area contributed by atoms with Crippen LogP contribution in [-0.2, 0) is 9.53 Å². The highest BCUT2D eigenvalue weighted by Gasteiger charge is 2.38. The Morgan fingerprint density at radius 2 is 2.00 bits per heavy atom. The van der Waals surface area contributed by atoms with Gasteiger partial charge in [-0.1, -0.05) is 49.1 Å². The zero-order chi connectivity index (χ0) is 17.5. The molecule has 3 rings (SSSR count). The van der Waals surface area contributed by atoms with Crippen LogP contribution in [0.5, 0.6) is 0 Å². The van der Waals surface area contributed by atoms with Crippen LogP contribution >= 0.6 is 0 Å². The first-order valence-electron chi connectivity index (χ1n) is 9.53. The Balaban J connectivity index is 1.59. The van der Waals surface area contributed by atoms with E-state index in [0.29, 0.717) is 0 Å². The highest BCUT2D eigenvalue weighted by molar-refractivity contribution is 5.91. The van der Waals surface area contributed by atoms with Crippen LogP contribution in [0.4, 0.5) is 0 Å². The molecule has 0 radical (unpaired) electrons. The summed E-state index contributed by atoms with van der Waals surface area (Å²) in [5, 5.41) is 3.17. The maximum Gasteiger partial charge on any atom is 0.244 e. The minimum atomic E-state index is -0.000265. The van der Waals surface area contributed by atoms with Crippen molar-refractivity contribution in [3.8, 4) is 0 Å². The van der Waals surface area contributed by atoms with Gasteiger partial charge >= 0.3 is 0 Å². The molecule has 1 aromatic carbocycles. The second kappa shape index (κ2) is 8.63. The van der Waals surface area contributed by atoms with E-state index in [4.69, 9.17) is 4.74 Å². The summed E-state index contributed by atoms with van der Waals surface area (Å²) in [4.78, 5) is 14.9. The van der Waals surface area contributed by atoms with E-state index < -0.39 is 0 Å². The van der Waals surface area contributed by atoms with Crippen LogP contribution in [0, 0.1) is 6.92 Å². The van der Waals surface area contributed by atoms with Gasteiger partial charge in [-0.15, -0.1) is 0 Å². The van der Waals surface area contributed by atoms with E-state index in [-0.39, 0.29) is 11.4 Å². The van der Waals surface area contributed by atoms with Gasteiger partial charge in [0.2, 0.25) is 5.91 Å². The number of nitrogens with one attached hydrogen (secondary N) is 1. The summed E-state index contributed by atoms with van der Waals surface area (Å²) in [6.07, 6.45) is 9.73. The standard InChI is InChI=1S/C21H30N2O2/c1-18-6-5-7-19(16-18)8-9-20(24)22-17-21(10-3-2-4-11-21)23-12-14-25-15-13-23/h5-9,16H,2-4,10-15,17H2,1H3,(H,22,24)/b9-8+. The monoisotopic (exact) mass is 342 g/mol. The number of carbonyl (C=O) groups is 1. The number of carbonyl (C=O) groups excluding carboxylic acids is 1. The third-order valence-electron chi connectivity index (χ3n) is 5.53. The van der Waals surface area contributed by atoms with Gasteiger partial charge < -0.3 is 10.1 Å². The summed E-state index contributed by atoms with van der Waals surface area (Å²) in [7, 11) is 0. The Labute approximate surface area is 151 Å². The number of rotatable bonds is 5. The lowest BCUT2D eigenvalue weighted by molar-refractivity contribution is -0.117. The molecule has 1 heterocycles. The smallest absolute Gasteiger partial charge is 0.244 e. The quantitative estimate of drug-likeness (QED) is 0.836. The van der Waals surface area contributed by atoms with Gasteiger partial charge in [-0.05, 0) is 31.4 Å². The van der Waals surface area contributed by atoms with Crippen molar-refractivity contribution in [2.24, 2.45) is 0 Å². The number of hydrogen-bond acceptors (Lipinski definition) is 3. The maximum absolute atomic E-state index is 12.3. The summed E-state index contributed by atoms with van der Waals surface area (Å²) in [6, 6.07) is 8.18. The van der Waals surface area contributed by atoms with Crippen molar-refractivity contribution in [3.05, 3.63) is 41.5 Å². The number of aryl methyl sites for hydroxylation is 1. The number of benzene rings is 1. The van der Waals surface area contributed by atoms with E-state index in [1.165, 1.54) is 37.7 Å². The third kappa shape index (κ3) is 4.93. The maximum atomic E-state index is 12.3. The van der Waals surface area contributed by atoms with Gasteiger partial charge in [-0.25, -0.2) is 0 Å². The second-order valence-corrected chi connectivity index (χ2v) is 7.35. The molecule has 0 aromatic heterocycles. The molecule has 136 valence electrons. The van der Waals surface area contributed by atoms with Gasteiger partial charge in [-0.2, -0.15) is 0 Å². The molecular formula is C21H30N2O2. The average molecular weight is 342 g/mol. The van der Waals surface area contributed by atoms with E-state index in [0.717, 1.165) is 38.4 Å². The average Bonchev–Trinajstić information content (AvgIpc) is 2.66. The highest BCUT2D eigenvalue weighted by atomic mass is 16.5. The second-order valence-electron chi connectivity index (χ2n) is 7.35. The number of ether oxygens (including phenoxy) is 1. The molecule has 2 aliphatic rings. The molecule has 1 N–H and O–H groups in total. The van der Waals surface area contributed by atoms with Crippen molar-refractivity contribution in [1.82, 2.24) is 10.2 Å². The van der Waals surface area contributed by atoms with Gasteiger partial charge in [0.1, 0.15) is 0 Å². The molecule has 25 heavy (non-hydrogen) atoms. The number of nitrogens with zero attached hydrogens (tertiary/aromatic N) is 1. The predicted octanol–water partition coefficient (Wildman–Crippen LogP) is 3.16. The van der Waals surface area contributed by atoms with Gasteiger partial charge in [0.05, 0.1) is 13.2 Å². The summed E-state index contributed by atoms with van der Waals surface area (Å²) in [5.74, 6) is -0.000265. The number of morpholine rings is 1. The fourth-order valence-corrected chi connectivity index (χ4v) is 4.11. The minimum absolute atomic E-state index is 0.000265. The Hall–Kier alpha value is -1.65. The first-order chi connectivity index (χ1) is 12.2. The summed E-state index contributed by atoms with van der Waals surface area (Å²) < 4.78 is 5.52. The number of amides is 1. The van der Waals surface area contributed by atoms with Crippen molar-refractivity contribution in [2.75, 3.05) is 32.8 Å². The zero-order valence-corrected chi connectivity index (χ0v) is 15.3. The molecule has 4 nitrogen and oxygen atoms in total. The molecule has 0 spiro atoms. The van der Waals surface area contributed by atoms with Crippen molar-refractivity contribution in [1.29, 1.82) is 0 Å². The van der Waals surface area contributed by atoms with Gasteiger partial charge in [0, 0.05) is 31.2 Å². The van der Waals surface area contributed by atoms with Crippen LogP contribution in [0.2, 0.25) is 0 Å². The Bertz CT molecular complexity index is 600. The first kappa shape index (κ1) is 18.2. The predicted molar refractivity (Wildman–Crippen MR) is 101 cm³/mol. The Morgan fingerprint density at radius 1 is 1.24 bits per heavy atom. The molecule has 0 atom stereocenters. The third-order valence-corrected chi connectivity index (χ3v) is 5.53. The lowest BCUT2D eigenvalue weighted by atomic mass is 9.79. The molecule has 1 aliphatic heterocycles. The van der Waals surface area contributed by atoms with E-state index in [1.807, 2.05) is 18.2 Å². The van der Waals surface area contributed by atoms with Crippen molar-refractivity contribution in [3.63, 3.8) is 0 Å². The van der Waals surface area contributed by atoms with Crippen LogP contribution in [0.15, 0.2) is 30.3 Å². The molecule has 0 bridgehead atoms. The largest absolute Gasteiger partial charge is 0.379 e. The van der Waals surface area contributed by atoms with Crippen molar-refractivity contribution < 1.29 is 9.53 Å². The highest BCUT2D eigenvalue weighted by Crippen LogP contribution is 2.33. The minimum Gasteiger partial charge on any atom is -0.379 e. The van der Waals surface area contributed by atoms with Crippen LogP contribution < -0.4 is 5.32 Å². The number of hydrogen-bond donors (Lipinski definition) is 1. The first-order valence-corrected chi connectivity index (χ1v) is 9.53. The van der Waals surface area contributed by atoms with Crippen molar-refractivity contribution in [2.45, 2.75) is 44.6 Å². The zero-order valence-electron chi connectivity index (χ0n) is 15.3. The van der Waals surface area contributed by atoms with Gasteiger partial charge in [0.15, 0.2) is 0 Å². The Morgan fingerprint density at radius 3 is 2.72 bits per heavy atom. The van der Waals surface area contributed by atoms with Crippen LogP contribution in [0.25, 0.3) is 6.08 Å². The molecule has 1 saturated carbocycles. The van der Waals surface area contributed by atoms with E-state index in [1.54, 1.807) is 6.08 Å². The molecule has 0 unspecified atom stereocenters. The normalized spacial score (nSPS) is 21.3. The van der Waals surface area contributed by atoms with Crippen molar-refractivity contribution >= 4 is 12.0 Å². The van der Waals surface area contributed by atoms with Gasteiger partial charge in [-0.3, -0.25) is 9.69 Å². The topological polar surface area (TPSA) is 41.6 Å². The van der Waals surface area contributed by atoms with Crippen LogP contribution in [-0.4, -0.2) is 49.2 Å². The lowest BCUT2D eigenvalue weighted by Crippen LogP contribution is -2.59. The van der Waals surface area contributed by atoms with E-state index in [9.17, 15) is 4.79 Å².